The monoisotopic (exact) mass is 322 g/mol. The Labute approximate surface area is 131 Å². The zero-order chi connectivity index (χ0) is 16.4. The fraction of sp³-hybridized carbons (Fsp3) is 0.312. The molecule has 1 aromatic carbocycles. The molecule has 23 heavy (non-hydrogen) atoms. The first-order valence-electron chi connectivity index (χ1n) is 7.26. The van der Waals surface area contributed by atoms with Crippen LogP contribution in [0.4, 0.5) is 19.3 Å². The van der Waals surface area contributed by atoms with Gasteiger partial charge >= 0.3 is 6.03 Å². The fourth-order valence-electron chi connectivity index (χ4n) is 2.51. The third-order valence-electron chi connectivity index (χ3n) is 3.92. The van der Waals surface area contributed by atoms with E-state index in [1.165, 1.54) is 12.3 Å². The number of hydrogen-bond donors (Lipinski definition) is 3. The molecule has 1 heterocycles. The summed E-state index contributed by atoms with van der Waals surface area (Å²) in [4.78, 5) is 11.9. The van der Waals surface area contributed by atoms with Crippen LogP contribution in [0.25, 0.3) is 0 Å². The average molecular weight is 322 g/mol. The lowest BCUT2D eigenvalue weighted by molar-refractivity contribution is -0.00414. The van der Waals surface area contributed by atoms with Crippen LogP contribution in [0, 0.1) is 17.6 Å². The van der Waals surface area contributed by atoms with Gasteiger partial charge in [0.2, 0.25) is 0 Å². The van der Waals surface area contributed by atoms with E-state index in [2.05, 4.69) is 10.6 Å². The van der Waals surface area contributed by atoms with Crippen LogP contribution in [-0.4, -0.2) is 17.7 Å². The van der Waals surface area contributed by atoms with Gasteiger partial charge in [-0.3, -0.25) is 0 Å². The van der Waals surface area contributed by atoms with Crippen molar-refractivity contribution in [2.45, 2.75) is 18.4 Å². The summed E-state index contributed by atoms with van der Waals surface area (Å²) in [6, 6.07) is 5.77. The largest absolute Gasteiger partial charge is 0.466 e. The smallest absolute Gasteiger partial charge is 0.319 e. The molecule has 5 nitrogen and oxygen atoms in total. The van der Waals surface area contributed by atoms with Gasteiger partial charge < -0.3 is 20.2 Å². The normalized spacial score (nSPS) is 16.7. The van der Waals surface area contributed by atoms with E-state index >= 15 is 0 Å². The number of rotatable bonds is 5. The van der Waals surface area contributed by atoms with Gasteiger partial charge in [0.05, 0.1) is 12.8 Å². The Kier molecular flexibility index (Phi) is 4.04. The molecule has 0 radical (unpaired) electrons. The highest BCUT2D eigenvalue weighted by Gasteiger charge is 2.47. The van der Waals surface area contributed by atoms with E-state index in [1.807, 2.05) is 0 Å². The van der Waals surface area contributed by atoms with Gasteiger partial charge in [0.1, 0.15) is 28.7 Å². The predicted molar refractivity (Wildman–Crippen MR) is 78.7 cm³/mol. The Hall–Kier alpha value is -2.41. The highest BCUT2D eigenvalue weighted by Crippen LogP contribution is 2.45. The lowest BCUT2D eigenvalue weighted by atomic mass is 9.94. The summed E-state index contributed by atoms with van der Waals surface area (Å²) in [5.41, 5.74) is -1.85. The summed E-state index contributed by atoms with van der Waals surface area (Å²) in [6.07, 6.45) is 3.09. The van der Waals surface area contributed by atoms with E-state index in [-0.39, 0.29) is 12.5 Å². The van der Waals surface area contributed by atoms with Gasteiger partial charge in [-0.15, -0.1) is 0 Å². The van der Waals surface area contributed by atoms with Crippen molar-refractivity contribution >= 4 is 11.7 Å². The van der Waals surface area contributed by atoms with Crippen molar-refractivity contribution in [3.63, 3.8) is 0 Å². The molecular weight excluding hydrogens is 306 g/mol. The van der Waals surface area contributed by atoms with Crippen LogP contribution in [-0.2, 0) is 5.60 Å². The number of nitrogens with one attached hydrogen (secondary N) is 2. The number of furan rings is 1. The molecule has 1 fully saturated rings. The second-order valence-electron chi connectivity index (χ2n) is 5.58. The number of anilines is 1. The van der Waals surface area contributed by atoms with Crippen LogP contribution in [0.1, 0.15) is 18.6 Å². The first kappa shape index (κ1) is 15.5. The van der Waals surface area contributed by atoms with Crippen molar-refractivity contribution in [1.82, 2.24) is 5.32 Å². The second kappa shape index (κ2) is 6.00. The topological polar surface area (TPSA) is 74.5 Å². The molecule has 0 aliphatic heterocycles. The summed E-state index contributed by atoms with van der Waals surface area (Å²) in [5, 5.41) is 15.3. The number of carbonyl (C=O) groups excluding carboxylic acids is 1. The zero-order valence-electron chi connectivity index (χ0n) is 12.2. The lowest BCUT2D eigenvalue weighted by Crippen LogP contribution is -2.43. The van der Waals surface area contributed by atoms with E-state index in [0.29, 0.717) is 5.76 Å². The maximum atomic E-state index is 13.5. The average Bonchev–Trinajstić information content (AvgIpc) is 3.24. The molecule has 0 bridgehead atoms. The summed E-state index contributed by atoms with van der Waals surface area (Å²) in [7, 11) is 0. The van der Waals surface area contributed by atoms with Crippen LogP contribution >= 0.6 is 0 Å². The number of urea groups is 1. The molecular formula is C16H16F2N2O3. The quantitative estimate of drug-likeness (QED) is 0.792. The molecule has 3 rings (SSSR count). The van der Waals surface area contributed by atoms with Crippen molar-refractivity contribution in [2.75, 3.05) is 11.9 Å². The first-order chi connectivity index (χ1) is 11.0. The maximum Gasteiger partial charge on any atom is 0.319 e. The third kappa shape index (κ3) is 3.19. The van der Waals surface area contributed by atoms with Crippen molar-refractivity contribution in [1.29, 1.82) is 0 Å². The number of amides is 2. The van der Waals surface area contributed by atoms with Crippen molar-refractivity contribution < 1.29 is 23.1 Å². The number of halogens is 2. The molecule has 1 aliphatic carbocycles. The SMILES string of the molecule is O=C(NC[C@](O)(c1ccco1)C1CC1)Nc1c(F)cccc1F. The molecule has 2 aromatic rings. The van der Waals surface area contributed by atoms with Gasteiger partial charge in [-0.25, -0.2) is 13.6 Å². The van der Waals surface area contributed by atoms with Gasteiger partial charge in [0, 0.05) is 0 Å². The second-order valence-corrected chi connectivity index (χ2v) is 5.58. The molecule has 1 saturated carbocycles. The molecule has 122 valence electrons. The molecule has 1 aromatic heterocycles. The molecule has 2 amide bonds. The Morgan fingerprint density at radius 2 is 1.96 bits per heavy atom. The number of para-hydroxylation sites is 1. The van der Waals surface area contributed by atoms with Crippen LogP contribution in [0.5, 0.6) is 0 Å². The molecule has 1 aliphatic rings. The molecule has 0 saturated heterocycles. The van der Waals surface area contributed by atoms with Crippen molar-refractivity contribution in [3.05, 3.63) is 54.0 Å². The molecule has 3 N–H and O–H groups in total. The standard InChI is InChI=1S/C16H16F2N2O3/c17-11-3-1-4-12(18)14(11)20-15(21)19-9-16(22,10-6-7-10)13-5-2-8-23-13/h1-5,8,10,22H,6-7,9H2,(H2,19,20,21)/t16-/m1/s1. The van der Waals surface area contributed by atoms with E-state index < -0.39 is 29.0 Å². The fourth-order valence-corrected chi connectivity index (χ4v) is 2.51. The Morgan fingerprint density at radius 3 is 2.52 bits per heavy atom. The highest BCUT2D eigenvalue weighted by molar-refractivity contribution is 5.89. The minimum absolute atomic E-state index is 0.0147. The summed E-state index contributed by atoms with van der Waals surface area (Å²) in [6.45, 7) is -0.118. The van der Waals surface area contributed by atoms with Gasteiger partial charge in [0.25, 0.3) is 0 Å². The van der Waals surface area contributed by atoms with Crippen LogP contribution < -0.4 is 10.6 Å². The lowest BCUT2D eigenvalue weighted by Gasteiger charge is -2.26. The van der Waals surface area contributed by atoms with Gasteiger partial charge in [0.15, 0.2) is 0 Å². The summed E-state index contributed by atoms with van der Waals surface area (Å²) >= 11 is 0. The first-order valence-corrected chi connectivity index (χ1v) is 7.26. The van der Waals surface area contributed by atoms with Gasteiger partial charge in [-0.1, -0.05) is 6.07 Å². The highest BCUT2D eigenvalue weighted by atomic mass is 19.1. The molecule has 0 spiro atoms. The predicted octanol–water partition coefficient (Wildman–Crippen LogP) is 2.98. The zero-order valence-corrected chi connectivity index (χ0v) is 12.2. The summed E-state index contributed by atoms with van der Waals surface area (Å²) in [5.74, 6) is -1.40. The minimum Gasteiger partial charge on any atom is -0.466 e. The van der Waals surface area contributed by atoms with E-state index in [4.69, 9.17) is 4.42 Å². The number of benzene rings is 1. The number of hydrogen-bond acceptors (Lipinski definition) is 3. The van der Waals surface area contributed by atoms with Gasteiger partial charge in [-0.05, 0) is 43.0 Å². The minimum atomic E-state index is -1.32. The van der Waals surface area contributed by atoms with Crippen LogP contribution in [0.15, 0.2) is 41.0 Å². The van der Waals surface area contributed by atoms with Crippen LogP contribution in [0.3, 0.4) is 0 Å². The van der Waals surface area contributed by atoms with Crippen molar-refractivity contribution in [2.24, 2.45) is 5.92 Å². The van der Waals surface area contributed by atoms with E-state index in [9.17, 15) is 18.7 Å². The van der Waals surface area contributed by atoms with E-state index in [0.717, 1.165) is 25.0 Å². The molecule has 1 atom stereocenters. The molecule has 0 unspecified atom stereocenters. The summed E-state index contributed by atoms with van der Waals surface area (Å²) < 4.78 is 32.2. The van der Waals surface area contributed by atoms with E-state index in [1.54, 1.807) is 12.1 Å². The van der Waals surface area contributed by atoms with Crippen molar-refractivity contribution in [3.8, 4) is 0 Å². The maximum absolute atomic E-state index is 13.5. The third-order valence-corrected chi connectivity index (χ3v) is 3.92. The Bertz CT molecular complexity index is 681. The Morgan fingerprint density at radius 1 is 1.26 bits per heavy atom. The van der Waals surface area contributed by atoms with Crippen LogP contribution in [0.2, 0.25) is 0 Å². The number of carbonyl (C=O) groups is 1. The van der Waals surface area contributed by atoms with Gasteiger partial charge in [-0.2, -0.15) is 0 Å². The Balaban J connectivity index is 1.66. The number of aliphatic hydroxyl groups is 1. The molecule has 7 heteroatoms.